The predicted octanol–water partition coefficient (Wildman–Crippen LogP) is 5.44. The summed E-state index contributed by atoms with van der Waals surface area (Å²) in [5.74, 6) is -3.70. The van der Waals surface area contributed by atoms with Crippen LogP contribution in [0.2, 0.25) is 0 Å². The van der Waals surface area contributed by atoms with Crippen molar-refractivity contribution in [3.05, 3.63) is 29.3 Å². The number of carboxylic acid groups (broad SMARTS) is 1. The lowest BCUT2D eigenvalue weighted by atomic mass is 9.99. The zero-order chi connectivity index (χ0) is 52.9. The topological polar surface area (TPSA) is 268 Å². The fourth-order valence-electron chi connectivity index (χ4n) is 6.94. The summed E-state index contributed by atoms with van der Waals surface area (Å²) in [6.45, 7) is 21.1. The summed E-state index contributed by atoms with van der Waals surface area (Å²) in [4.78, 5) is 81.0. The molecule has 1 saturated heterocycles. The number of halogens is 1. The molecule has 1 aliphatic heterocycles. The van der Waals surface area contributed by atoms with Gasteiger partial charge in [-0.25, -0.2) is 9.59 Å². The Morgan fingerprint density at radius 1 is 0.886 bits per heavy atom. The first kappa shape index (κ1) is 61.3. The van der Waals surface area contributed by atoms with E-state index in [0.29, 0.717) is 51.9 Å². The van der Waals surface area contributed by atoms with Gasteiger partial charge in [0.1, 0.15) is 31.0 Å². The molecule has 1 aromatic rings. The molecule has 5 unspecified atom stereocenters. The van der Waals surface area contributed by atoms with E-state index in [0.717, 1.165) is 12.1 Å². The Labute approximate surface area is 412 Å². The molecule has 0 aliphatic carbocycles. The maximum atomic E-state index is 13.9. The van der Waals surface area contributed by atoms with Gasteiger partial charge in [-0.1, -0.05) is 13.0 Å². The van der Waals surface area contributed by atoms with Crippen LogP contribution in [0.15, 0.2) is 23.2 Å². The van der Waals surface area contributed by atoms with Crippen LogP contribution in [-0.2, 0) is 54.2 Å². The number of aliphatic carboxylic acids is 1. The quantitative estimate of drug-likeness (QED) is 0.0298. The third-order valence-corrected chi connectivity index (χ3v) is 11.4. The van der Waals surface area contributed by atoms with E-state index in [4.69, 9.17) is 28.4 Å². The van der Waals surface area contributed by atoms with E-state index in [9.17, 15) is 43.4 Å². The van der Waals surface area contributed by atoms with Gasteiger partial charge < -0.3 is 64.6 Å². The summed E-state index contributed by atoms with van der Waals surface area (Å²) in [6, 6.07) is 1.86. The van der Waals surface area contributed by atoms with E-state index in [-0.39, 0.29) is 49.3 Å². The van der Waals surface area contributed by atoms with Crippen molar-refractivity contribution in [1.29, 1.82) is 0 Å². The van der Waals surface area contributed by atoms with Crippen LogP contribution >= 0.6 is 0 Å². The number of rotatable bonds is 32. The Bertz CT molecular complexity index is 1910. The first-order valence-corrected chi connectivity index (χ1v) is 23.9. The largest absolute Gasteiger partial charge is 0.495 e. The third kappa shape index (κ3) is 24.4. The zero-order valence-corrected chi connectivity index (χ0v) is 43.3. The number of aliphatic hydroxyl groups excluding tert-OH is 1. The number of hydrogen-bond donors (Lipinski definition) is 6. The predicted molar refractivity (Wildman–Crippen MR) is 257 cm³/mol. The number of carbonyl (C=O) groups excluding carboxylic acids is 5. The number of amides is 4. The molecule has 2 rings (SSSR count). The fraction of sp³-hybridized carbons (Fsp3) is 0.735. The van der Waals surface area contributed by atoms with Gasteiger partial charge in [0.05, 0.1) is 36.1 Å². The van der Waals surface area contributed by atoms with Crippen LogP contribution in [-0.4, -0.2) is 145 Å². The molecule has 1 aromatic carbocycles. The van der Waals surface area contributed by atoms with Gasteiger partial charge in [-0.15, -0.1) is 4.39 Å². The van der Waals surface area contributed by atoms with Crippen molar-refractivity contribution in [2.24, 2.45) is 4.99 Å². The molecule has 20 nitrogen and oxygen atoms in total. The minimum absolute atomic E-state index is 0.109. The number of benzene rings is 1. The molecule has 0 radical (unpaired) electrons. The Morgan fingerprint density at radius 2 is 1.54 bits per heavy atom. The highest BCUT2D eigenvalue weighted by Gasteiger charge is 2.35. The fourth-order valence-corrected chi connectivity index (χ4v) is 6.94. The van der Waals surface area contributed by atoms with Crippen LogP contribution in [0.25, 0.3) is 0 Å². The average molecular weight is 998 g/mol. The van der Waals surface area contributed by atoms with E-state index in [1.165, 1.54) is 25.1 Å². The Morgan fingerprint density at radius 3 is 2.19 bits per heavy atom. The van der Waals surface area contributed by atoms with Crippen LogP contribution in [0.1, 0.15) is 150 Å². The van der Waals surface area contributed by atoms with Crippen LogP contribution < -0.4 is 26.0 Å². The Hall–Kier alpha value is -4.80. The van der Waals surface area contributed by atoms with Crippen molar-refractivity contribution >= 4 is 41.5 Å². The highest BCUT2D eigenvalue weighted by Crippen LogP contribution is 2.28. The number of hydrogen-bond acceptors (Lipinski definition) is 15. The van der Waals surface area contributed by atoms with Crippen molar-refractivity contribution in [3.8, 4) is 5.75 Å². The molecular formula is C49H80FN5O15. The second kappa shape index (κ2) is 28.9. The maximum Gasteiger partial charge on any atom is 0.495 e. The Balaban J connectivity index is 2.10. The van der Waals surface area contributed by atoms with E-state index >= 15 is 0 Å². The highest BCUT2D eigenvalue weighted by molar-refractivity contribution is 5.99. The molecule has 0 saturated carbocycles. The maximum absolute atomic E-state index is 13.9. The first-order chi connectivity index (χ1) is 32.6. The summed E-state index contributed by atoms with van der Waals surface area (Å²) in [5.41, 5.74) is -1.62. The summed E-state index contributed by atoms with van der Waals surface area (Å²) >= 11 is 0. The summed E-state index contributed by atoms with van der Waals surface area (Å²) < 4.78 is 51.8. The zero-order valence-electron chi connectivity index (χ0n) is 43.3. The number of nitrogens with one attached hydrogen (secondary N) is 4. The minimum atomic E-state index is -2.04. The van der Waals surface area contributed by atoms with Gasteiger partial charge in [-0.3, -0.25) is 24.2 Å². The normalized spacial score (nSPS) is 17.7. The van der Waals surface area contributed by atoms with Crippen LogP contribution in [0.5, 0.6) is 5.75 Å². The molecule has 1 aliphatic rings. The molecule has 0 spiro atoms. The van der Waals surface area contributed by atoms with E-state index in [2.05, 4.69) is 31.0 Å². The van der Waals surface area contributed by atoms with Crippen LogP contribution in [0.3, 0.4) is 0 Å². The standard InChI is InChI=1S/C49H80FN5O15/c1-13-31(2)54-49(10,11)67-24-19-46(4,5)55-43(60)36(53-39(57)30-68-48(8,9)21-25-66-47(6,7)20-23-64-12)16-14-15-22-51-41(58)32(3)52-42(59)35-26-33(29-65-45(50)63)17-18-37(35)69-40-28-34(56)27-38(70-40)44(61)62/h17-18,26,32,34,36,38,40,56H,13-16,19-25,27-30H2,1-12H3,(H,51,58)(H,52,59)(H,53,57)(H,55,60)(H,61,62). The number of unbranched alkanes of at least 4 members (excludes halogenated alkanes) is 1. The number of methoxy groups -OCH3 is 1. The lowest BCUT2D eigenvalue weighted by molar-refractivity contribution is -0.195. The molecule has 398 valence electrons. The number of ether oxygens (including phenoxy) is 7. The van der Waals surface area contributed by atoms with Crippen LogP contribution in [0.4, 0.5) is 9.18 Å². The van der Waals surface area contributed by atoms with Crippen molar-refractivity contribution in [1.82, 2.24) is 21.3 Å². The number of carbonyl (C=O) groups is 6. The SMILES string of the molecule is CCC(C)=NC(C)(C)OCCC(C)(C)NC(=O)C(CCCCNC(=O)C(C)NC(=O)c1cc(COC(=O)F)ccc1OC1CC(O)CC(C(=O)O)O1)NC(=O)COC(C)(C)CCOC(C)(C)CCOC. The lowest BCUT2D eigenvalue weighted by Crippen LogP contribution is -2.54. The molecule has 1 heterocycles. The van der Waals surface area contributed by atoms with Gasteiger partial charge >= 0.3 is 12.2 Å². The summed E-state index contributed by atoms with van der Waals surface area (Å²) in [6.07, 6.45) is -2.56. The second-order valence-corrected chi connectivity index (χ2v) is 19.9. The molecule has 0 bridgehead atoms. The molecule has 21 heteroatoms. The highest BCUT2D eigenvalue weighted by atomic mass is 19.1. The van der Waals surface area contributed by atoms with E-state index in [1.807, 2.05) is 69.2 Å². The molecule has 70 heavy (non-hydrogen) atoms. The summed E-state index contributed by atoms with van der Waals surface area (Å²) in [5, 5.41) is 30.8. The van der Waals surface area contributed by atoms with Gasteiger partial charge in [-0.2, -0.15) is 0 Å². The van der Waals surface area contributed by atoms with Crippen molar-refractivity contribution < 1.29 is 76.5 Å². The molecular weight excluding hydrogens is 918 g/mol. The minimum Gasteiger partial charge on any atom is -0.479 e. The van der Waals surface area contributed by atoms with Crippen LogP contribution in [0, 0.1) is 0 Å². The van der Waals surface area contributed by atoms with Gasteiger partial charge in [0.15, 0.2) is 11.8 Å². The van der Waals surface area contributed by atoms with Crippen molar-refractivity contribution in [2.45, 2.75) is 194 Å². The molecule has 4 amide bonds. The molecule has 5 atom stereocenters. The van der Waals surface area contributed by atoms with E-state index < -0.39 is 95.5 Å². The average Bonchev–Trinajstić information content (AvgIpc) is 3.25. The lowest BCUT2D eigenvalue weighted by Gasteiger charge is -2.31. The number of carboxylic acids is 1. The summed E-state index contributed by atoms with van der Waals surface area (Å²) in [7, 11) is 1.64. The second-order valence-electron chi connectivity index (χ2n) is 19.9. The van der Waals surface area contributed by atoms with E-state index in [1.54, 1.807) is 7.11 Å². The third-order valence-electron chi connectivity index (χ3n) is 11.4. The van der Waals surface area contributed by atoms with Gasteiger partial charge in [0, 0.05) is 44.4 Å². The number of aliphatic hydroxyl groups is 1. The monoisotopic (exact) mass is 998 g/mol. The smallest absolute Gasteiger partial charge is 0.479 e. The molecule has 6 N–H and O–H groups in total. The van der Waals surface area contributed by atoms with Crippen molar-refractivity contribution in [2.75, 3.05) is 40.1 Å². The number of aliphatic imine (C=N–C) groups is 1. The molecule has 0 aromatic heterocycles. The van der Waals surface area contributed by atoms with Gasteiger partial charge in [0.2, 0.25) is 24.0 Å². The first-order valence-electron chi connectivity index (χ1n) is 23.9. The van der Waals surface area contributed by atoms with Crippen molar-refractivity contribution in [3.63, 3.8) is 0 Å². The molecule has 1 fully saturated rings. The number of nitrogens with zero attached hydrogens (tertiary/aromatic N) is 1. The Kier molecular flexibility index (Phi) is 25.3. The van der Waals surface area contributed by atoms with Gasteiger partial charge in [-0.05, 0) is 132 Å². The van der Waals surface area contributed by atoms with Gasteiger partial charge in [0.25, 0.3) is 5.91 Å².